The molecule has 0 amide bonds. The van der Waals surface area contributed by atoms with Crippen LogP contribution in [0.2, 0.25) is 0 Å². The number of hydrogen-bond acceptors (Lipinski definition) is 4. The van der Waals surface area contributed by atoms with Crippen LogP contribution in [0.3, 0.4) is 0 Å². The Labute approximate surface area is 170 Å². The van der Waals surface area contributed by atoms with E-state index in [0.29, 0.717) is 34.8 Å². The number of methoxy groups -OCH3 is 2. The first-order valence-electron chi connectivity index (χ1n) is 8.45. The van der Waals surface area contributed by atoms with E-state index < -0.39 is 0 Å². The summed E-state index contributed by atoms with van der Waals surface area (Å²) in [6.07, 6.45) is 0.791. The zero-order chi connectivity index (χ0) is 19.5. The Bertz CT molecular complexity index is 757. The molecule has 0 fully saturated rings. The predicted octanol–water partition coefficient (Wildman–Crippen LogP) is 2.29. The van der Waals surface area contributed by atoms with Gasteiger partial charge in [-0.05, 0) is 54.1 Å². The molecule has 0 saturated carbocycles. The van der Waals surface area contributed by atoms with Crippen LogP contribution in [0, 0.1) is 0 Å². The van der Waals surface area contributed by atoms with Crippen LogP contribution in [0.1, 0.15) is 11.1 Å². The molecule has 0 aliphatic carbocycles. The fraction of sp³-hybridized carbons (Fsp3) is 0.263. The molecular formula is C19H24N4O2S2. The molecule has 27 heavy (non-hydrogen) atoms. The minimum atomic E-state index is 0.472. The summed E-state index contributed by atoms with van der Waals surface area (Å²) in [5.41, 5.74) is 8.00. The highest BCUT2D eigenvalue weighted by Crippen LogP contribution is 2.27. The summed E-state index contributed by atoms with van der Waals surface area (Å²) in [6, 6.07) is 15.9. The third-order valence-corrected chi connectivity index (χ3v) is 4.23. The third-order valence-electron chi connectivity index (χ3n) is 3.73. The normalized spacial score (nSPS) is 9.85. The molecular weight excluding hydrogens is 380 g/mol. The lowest BCUT2D eigenvalue weighted by Crippen LogP contribution is -2.50. The summed E-state index contributed by atoms with van der Waals surface area (Å²) < 4.78 is 10.5. The maximum Gasteiger partial charge on any atom is 0.185 e. The lowest BCUT2D eigenvalue weighted by Gasteiger charge is -2.14. The maximum atomic E-state index is 5.31. The minimum Gasteiger partial charge on any atom is -0.493 e. The van der Waals surface area contributed by atoms with Gasteiger partial charge in [0, 0.05) is 13.1 Å². The fourth-order valence-corrected chi connectivity index (χ4v) is 2.61. The second-order valence-corrected chi connectivity index (χ2v) is 6.43. The second-order valence-electron chi connectivity index (χ2n) is 5.61. The van der Waals surface area contributed by atoms with Gasteiger partial charge < -0.3 is 20.1 Å². The molecule has 8 heteroatoms. The Kier molecular flexibility index (Phi) is 8.60. The Hall–Kier alpha value is -2.58. The largest absolute Gasteiger partial charge is 0.493 e. The summed E-state index contributed by atoms with van der Waals surface area (Å²) in [5, 5.41) is 7.18. The van der Waals surface area contributed by atoms with Crippen molar-refractivity contribution in [2.75, 3.05) is 20.8 Å². The number of benzene rings is 2. The van der Waals surface area contributed by atoms with Crippen LogP contribution in [0.4, 0.5) is 0 Å². The van der Waals surface area contributed by atoms with Crippen LogP contribution in [0.25, 0.3) is 0 Å². The van der Waals surface area contributed by atoms with Gasteiger partial charge in [-0.25, -0.2) is 0 Å². The van der Waals surface area contributed by atoms with Crippen LogP contribution in [-0.4, -0.2) is 31.0 Å². The van der Waals surface area contributed by atoms with Gasteiger partial charge in [0.15, 0.2) is 21.7 Å². The van der Waals surface area contributed by atoms with Gasteiger partial charge in [0.1, 0.15) is 0 Å². The molecule has 0 aliphatic rings. The Morgan fingerprint density at radius 1 is 0.815 bits per heavy atom. The van der Waals surface area contributed by atoms with E-state index in [1.807, 2.05) is 48.5 Å². The zero-order valence-electron chi connectivity index (χ0n) is 15.4. The van der Waals surface area contributed by atoms with Crippen LogP contribution in [-0.2, 0) is 13.0 Å². The van der Waals surface area contributed by atoms with Crippen molar-refractivity contribution < 1.29 is 9.47 Å². The molecule has 2 aromatic rings. The van der Waals surface area contributed by atoms with E-state index in [1.54, 1.807) is 14.2 Å². The van der Waals surface area contributed by atoms with Gasteiger partial charge in [0.25, 0.3) is 0 Å². The van der Waals surface area contributed by atoms with Crippen LogP contribution in [0.5, 0.6) is 11.5 Å². The lowest BCUT2D eigenvalue weighted by molar-refractivity contribution is 0.354. The van der Waals surface area contributed by atoms with Crippen molar-refractivity contribution in [2.24, 2.45) is 0 Å². The van der Waals surface area contributed by atoms with Crippen molar-refractivity contribution in [1.82, 2.24) is 21.5 Å². The monoisotopic (exact) mass is 404 g/mol. The number of rotatable bonds is 7. The zero-order valence-corrected chi connectivity index (χ0v) is 17.0. The van der Waals surface area contributed by atoms with E-state index in [4.69, 9.17) is 33.9 Å². The molecule has 144 valence electrons. The molecule has 0 spiro atoms. The molecule has 0 radical (unpaired) electrons. The molecule has 0 saturated heterocycles. The molecule has 0 unspecified atom stereocenters. The number of nitrogens with one attached hydrogen (secondary N) is 4. The molecule has 2 aromatic carbocycles. The van der Waals surface area contributed by atoms with Gasteiger partial charge >= 0.3 is 0 Å². The van der Waals surface area contributed by atoms with Gasteiger partial charge in [-0.2, -0.15) is 0 Å². The van der Waals surface area contributed by atoms with Crippen LogP contribution >= 0.6 is 24.4 Å². The molecule has 0 heterocycles. The smallest absolute Gasteiger partial charge is 0.185 e. The van der Waals surface area contributed by atoms with E-state index in [-0.39, 0.29) is 0 Å². The van der Waals surface area contributed by atoms with Gasteiger partial charge in [0.2, 0.25) is 0 Å². The van der Waals surface area contributed by atoms with Gasteiger partial charge in [-0.15, -0.1) is 0 Å². The van der Waals surface area contributed by atoms with E-state index in [2.05, 4.69) is 21.5 Å². The van der Waals surface area contributed by atoms with E-state index in [9.17, 15) is 0 Å². The lowest BCUT2D eigenvalue weighted by atomic mass is 10.1. The van der Waals surface area contributed by atoms with Gasteiger partial charge in [-0.1, -0.05) is 36.4 Å². The number of thiocarbonyl (C=S) groups is 2. The molecule has 0 aromatic heterocycles. The Morgan fingerprint density at radius 2 is 1.48 bits per heavy atom. The summed E-state index contributed by atoms with van der Waals surface area (Å²) in [4.78, 5) is 0. The molecule has 6 nitrogen and oxygen atoms in total. The standard InChI is InChI=1S/C19H24N4O2S2/c1-24-16-9-8-14(12-17(16)25-2)10-11-20-18(26)22-23-19(27)21-13-15-6-4-3-5-7-15/h3-9,12H,10-11,13H2,1-2H3,(H2,20,22,26)(H2,21,23,27). The summed E-state index contributed by atoms with van der Waals surface area (Å²) >= 11 is 10.5. The van der Waals surface area contributed by atoms with Gasteiger partial charge in [0.05, 0.1) is 14.2 Å². The first-order valence-corrected chi connectivity index (χ1v) is 9.26. The maximum absolute atomic E-state index is 5.31. The number of hydrogen-bond donors (Lipinski definition) is 4. The summed E-state index contributed by atoms with van der Waals surface area (Å²) in [7, 11) is 3.24. The average molecular weight is 405 g/mol. The highest BCUT2D eigenvalue weighted by Gasteiger charge is 2.05. The van der Waals surface area contributed by atoms with Crippen LogP contribution < -0.4 is 31.0 Å². The Balaban J connectivity index is 1.65. The quantitative estimate of drug-likeness (QED) is 0.414. The predicted molar refractivity (Wildman–Crippen MR) is 116 cm³/mol. The van der Waals surface area contributed by atoms with Crippen molar-refractivity contribution in [3.05, 3.63) is 59.7 Å². The van der Waals surface area contributed by atoms with E-state index >= 15 is 0 Å². The summed E-state index contributed by atoms with van der Waals surface area (Å²) in [6.45, 7) is 1.32. The molecule has 2 rings (SSSR count). The van der Waals surface area contributed by atoms with Crippen molar-refractivity contribution in [3.8, 4) is 11.5 Å². The Morgan fingerprint density at radius 3 is 2.15 bits per heavy atom. The average Bonchev–Trinajstić information content (AvgIpc) is 2.71. The first kappa shape index (κ1) is 20.7. The van der Waals surface area contributed by atoms with Crippen molar-refractivity contribution in [1.29, 1.82) is 0 Å². The fourth-order valence-electron chi connectivity index (χ4n) is 2.34. The van der Waals surface area contributed by atoms with Crippen molar-refractivity contribution in [3.63, 3.8) is 0 Å². The van der Waals surface area contributed by atoms with Crippen LogP contribution in [0.15, 0.2) is 48.5 Å². The SMILES string of the molecule is COc1ccc(CCNC(=S)NNC(=S)NCc2ccccc2)cc1OC. The second kappa shape index (κ2) is 11.2. The minimum absolute atomic E-state index is 0.472. The van der Waals surface area contributed by atoms with Crippen molar-refractivity contribution >= 4 is 34.7 Å². The number of hydrazine groups is 1. The first-order chi connectivity index (χ1) is 13.1. The summed E-state index contributed by atoms with van der Waals surface area (Å²) in [5.74, 6) is 1.43. The molecule has 0 atom stereocenters. The third kappa shape index (κ3) is 7.28. The van der Waals surface area contributed by atoms with E-state index in [0.717, 1.165) is 17.5 Å². The van der Waals surface area contributed by atoms with Crippen molar-refractivity contribution in [2.45, 2.75) is 13.0 Å². The molecule has 0 aliphatic heterocycles. The highest BCUT2D eigenvalue weighted by atomic mass is 32.1. The topological polar surface area (TPSA) is 66.6 Å². The van der Waals surface area contributed by atoms with E-state index in [1.165, 1.54) is 0 Å². The van der Waals surface area contributed by atoms with Gasteiger partial charge in [-0.3, -0.25) is 10.9 Å². The molecule has 4 N–H and O–H groups in total. The number of ether oxygens (including phenoxy) is 2. The highest BCUT2D eigenvalue weighted by molar-refractivity contribution is 7.80. The molecule has 0 bridgehead atoms.